The molecule has 1 heterocycles. The molecule has 0 fully saturated rings. The molecule has 8 heteroatoms. The van der Waals surface area contributed by atoms with E-state index in [2.05, 4.69) is 18.9 Å². The SMILES string of the molecule is CC[C@H](C)c1ccc(C(=O)COC(=O)Cn2nc(C)c([N+](=O)[O-])c2C)cc1. The van der Waals surface area contributed by atoms with Crippen LogP contribution in [0.5, 0.6) is 0 Å². The Hall–Kier alpha value is -3.03. The second-order valence-corrected chi connectivity index (χ2v) is 6.45. The largest absolute Gasteiger partial charge is 0.456 e. The van der Waals surface area contributed by atoms with Crippen LogP contribution in [0, 0.1) is 24.0 Å². The van der Waals surface area contributed by atoms with Crippen LogP contribution in [0.1, 0.15) is 53.5 Å². The van der Waals surface area contributed by atoms with E-state index in [1.165, 1.54) is 18.5 Å². The van der Waals surface area contributed by atoms with Crippen molar-refractivity contribution in [1.29, 1.82) is 0 Å². The first-order chi connectivity index (χ1) is 12.7. The molecule has 1 aromatic carbocycles. The lowest BCUT2D eigenvalue weighted by Gasteiger charge is -2.09. The number of aryl methyl sites for hydroxylation is 1. The summed E-state index contributed by atoms with van der Waals surface area (Å²) in [5.41, 5.74) is 1.98. The fraction of sp³-hybridized carbons (Fsp3) is 0.421. The second kappa shape index (κ2) is 8.57. The Kier molecular flexibility index (Phi) is 6.44. The number of nitro groups is 1. The minimum absolute atomic E-state index is 0.125. The van der Waals surface area contributed by atoms with Crippen molar-refractivity contribution < 1.29 is 19.2 Å². The summed E-state index contributed by atoms with van der Waals surface area (Å²) in [6, 6.07) is 7.25. The van der Waals surface area contributed by atoms with Crippen LogP contribution < -0.4 is 0 Å². The van der Waals surface area contributed by atoms with Gasteiger partial charge in [0.2, 0.25) is 0 Å². The fourth-order valence-corrected chi connectivity index (χ4v) is 2.74. The highest BCUT2D eigenvalue weighted by Gasteiger charge is 2.23. The molecular weight excluding hydrogens is 350 g/mol. The van der Waals surface area contributed by atoms with Crippen LogP contribution in [0.25, 0.3) is 0 Å². The normalized spacial score (nSPS) is 11.9. The third-order valence-electron chi connectivity index (χ3n) is 4.58. The summed E-state index contributed by atoms with van der Waals surface area (Å²) in [6.45, 7) is 6.54. The zero-order valence-electron chi connectivity index (χ0n) is 15.9. The van der Waals surface area contributed by atoms with Crippen molar-refractivity contribution in [2.75, 3.05) is 6.61 Å². The van der Waals surface area contributed by atoms with Crippen LogP contribution >= 0.6 is 0 Å². The Balaban J connectivity index is 1.95. The lowest BCUT2D eigenvalue weighted by atomic mass is 9.97. The molecule has 0 amide bonds. The maximum Gasteiger partial charge on any atom is 0.328 e. The summed E-state index contributed by atoms with van der Waals surface area (Å²) in [4.78, 5) is 34.6. The first kappa shape index (κ1) is 20.3. The quantitative estimate of drug-likeness (QED) is 0.304. The zero-order chi connectivity index (χ0) is 20.1. The van der Waals surface area contributed by atoms with Crippen molar-refractivity contribution in [2.24, 2.45) is 0 Å². The van der Waals surface area contributed by atoms with E-state index < -0.39 is 10.9 Å². The Labute approximate surface area is 157 Å². The van der Waals surface area contributed by atoms with Gasteiger partial charge in [-0.05, 0) is 31.7 Å². The summed E-state index contributed by atoms with van der Waals surface area (Å²) < 4.78 is 6.22. The number of esters is 1. The molecule has 27 heavy (non-hydrogen) atoms. The lowest BCUT2D eigenvalue weighted by Crippen LogP contribution is -2.19. The predicted molar refractivity (Wildman–Crippen MR) is 98.8 cm³/mol. The van der Waals surface area contributed by atoms with Crippen LogP contribution in [0.4, 0.5) is 5.69 Å². The Morgan fingerprint density at radius 3 is 2.41 bits per heavy atom. The van der Waals surface area contributed by atoms with E-state index in [9.17, 15) is 19.7 Å². The summed E-state index contributed by atoms with van der Waals surface area (Å²) in [7, 11) is 0. The molecule has 0 saturated carbocycles. The number of aromatic nitrogens is 2. The Bertz CT molecular complexity index is 855. The van der Waals surface area contributed by atoms with Crippen molar-refractivity contribution >= 4 is 17.4 Å². The van der Waals surface area contributed by atoms with Gasteiger partial charge in [0.1, 0.15) is 17.9 Å². The van der Waals surface area contributed by atoms with Crippen LogP contribution in [0.15, 0.2) is 24.3 Å². The zero-order valence-corrected chi connectivity index (χ0v) is 15.9. The average Bonchev–Trinajstić information content (AvgIpc) is 2.92. The van der Waals surface area contributed by atoms with Gasteiger partial charge in [0.25, 0.3) is 0 Å². The number of hydrogen-bond acceptors (Lipinski definition) is 6. The number of ketones is 1. The minimum Gasteiger partial charge on any atom is -0.456 e. The second-order valence-electron chi connectivity index (χ2n) is 6.45. The molecule has 2 rings (SSSR count). The van der Waals surface area contributed by atoms with E-state index in [-0.39, 0.29) is 36.0 Å². The maximum atomic E-state index is 12.2. The Morgan fingerprint density at radius 2 is 1.89 bits per heavy atom. The molecule has 0 aliphatic rings. The monoisotopic (exact) mass is 373 g/mol. The van der Waals surface area contributed by atoms with Gasteiger partial charge in [-0.25, -0.2) is 0 Å². The minimum atomic E-state index is -0.680. The number of carbonyl (C=O) groups is 2. The van der Waals surface area contributed by atoms with Gasteiger partial charge in [0.15, 0.2) is 12.4 Å². The standard InChI is InChI=1S/C19H23N3O5/c1-5-12(2)15-6-8-16(9-7-15)17(23)11-27-18(24)10-21-14(4)19(22(25)26)13(3)20-21/h6-9,12H,5,10-11H2,1-4H3/t12-/m0/s1. The molecule has 0 saturated heterocycles. The van der Waals surface area contributed by atoms with E-state index in [1.807, 2.05) is 12.1 Å². The number of hydrogen-bond donors (Lipinski definition) is 0. The molecule has 0 bridgehead atoms. The molecule has 0 N–H and O–H groups in total. The van der Waals surface area contributed by atoms with Gasteiger partial charge in [0, 0.05) is 5.56 Å². The molecule has 144 valence electrons. The number of rotatable bonds is 8. The van der Waals surface area contributed by atoms with Crippen molar-refractivity contribution in [3.8, 4) is 0 Å². The molecule has 1 aromatic heterocycles. The predicted octanol–water partition coefficient (Wildman–Crippen LogP) is 3.35. The molecule has 0 aliphatic heterocycles. The van der Waals surface area contributed by atoms with Crippen LogP contribution in [-0.4, -0.2) is 33.1 Å². The third-order valence-corrected chi connectivity index (χ3v) is 4.58. The van der Waals surface area contributed by atoms with Gasteiger partial charge >= 0.3 is 11.7 Å². The molecule has 8 nitrogen and oxygen atoms in total. The molecule has 1 atom stereocenters. The van der Waals surface area contributed by atoms with Gasteiger partial charge in [-0.3, -0.25) is 24.4 Å². The van der Waals surface area contributed by atoms with Crippen molar-refractivity contribution in [1.82, 2.24) is 9.78 Å². The van der Waals surface area contributed by atoms with E-state index >= 15 is 0 Å². The molecule has 2 aromatic rings. The highest BCUT2D eigenvalue weighted by molar-refractivity contribution is 5.97. The van der Waals surface area contributed by atoms with Crippen LogP contribution in [0.3, 0.4) is 0 Å². The molecule has 0 radical (unpaired) electrons. The summed E-state index contributed by atoms with van der Waals surface area (Å²) >= 11 is 0. The van der Waals surface area contributed by atoms with Gasteiger partial charge in [-0.1, -0.05) is 38.1 Å². The number of benzene rings is 1. The van der Waals surface area contributed by atoms with Gasteiger partial charge in [0.05, 0.1) is 4.92 Å². The van der Waals surface area contributed by atoms with Crippen molar-refractivity contribution in [3.63, 3.8) is 0 Å². The Morgan fingerprint density at radius 1 is 1.26 bits per heavy atom. The number of ether oxygens (including phenoxy) is 1. The molecule has 0 aliphatic carbocycles. The lowest BCUT2D eigenvalue weighted by molar-refractivity contribution is -0.386. The first-order valence-corrected chi connectivity index (χ1v) is 8.71. The van der Waals surface area contributed by atoms with Crippen LogP contribution in [-0.2, 0) is 16.1 Å². The molecule has 0 unspecified atom stereocenters. The molecule has 0 spiro atoms. The fourth-order valence-electron chi connectivity index (χ4n) is 2.74. The van der Waals surface area contributed by atoms with Crippen molar-refractivity contribution in [2.45, 2.75) is 46.6 Å². The van der Waals surface area contributed by atoms with E-state index in [0.717, 1.165) is 12.0 Å². The van der Waals surface area contributed by atoms with E-state index in [0.29, 0.717) is 11.5 Å². The van der Waals surface area contributed by atoms with E-state index in [1.54, 1.807) is 12.1 Å². The van der Waals surface area contributed by atoms with Gasteiger partial charge in [-0.2, -0.15) is 5.10 Å². The van der Waals surface area contributed by atoms with Crippen molar-refractivity contribution in [3.05, 3.63) is 56.9 Å². The number of carbonyl (C=O) groups excluding carboxylic acids is 2. The van der Waals surface area contributed by atoms with Crippen LogP contribution in [0.2, 0.25) is 0 Å². The summed E-state index contributed by atoms with van der Waals surface area (Å²) in [5.74, 6) is -0.574. The number of nitrogens with zero attached hydrogens (tertiary/aromatic N) is 3. The van der Waals surface area contributed by atoms with E-state index in [4.69, 9.17) is 4.74 Å². The highest BCUT2D eigenvalue weighted by atomic mass is 16.6. The summed E-state index contributed by atoms with van der Waals surface area (Å²) in [5, 5.41) is 15.0. The maximum absolute atomic E-state index is 12.2. The highest BCUT2D eigenvalue weighted by Crippen LogP contribution is 2.22. The smallest absolute Gasteiger partial charge is 0.328 e. The topological polar surface area (TPSA) is 104 Å². The van der Waals surface area contributed by atoms with Gasteiger partial charge < -0.3 is 4.74 Å². The van der Waals surface area contributed by atoms with Gasteiger partial charge in [-0.15, -0.1) is 0 Å². The molecular formula is C19H23N3O5. The summed E-state index contributed by atoms with van der Waals surface area (Å²) in [6.07, 6.45) is 1.01. The number of Topliss-reactive ketones (excluding diaryl/α,β-unsaturated/α-hetero) is 1. The first-order valence-electron chi connectivity index (χ1n) is 8.71. The third kappa shape index (κ3) is 4.78. The average molecular weight is 373 g/mol.